The van der Waals surface area contributed by atoms with Crippen LogP contribution in [0.15, 0.2) is 30.5 Å². The smallest absolute Gasteiger partial charge is 0.272 e. The number of aromatic nitrogens is 2. The molecule has 0 spiro atoms. The molecule has 0 aliphatic heterocycles. The fourth-order valence-electron chi connectivity index (χ4n) is 2.48. The number of amides is 1. The summed E-state index contributed by atoms with van der Waals surface area (Å²) in [6.45, 7) is 7.47. The third kappa shape index (κ3) is 4.55. The number of aromatic amines is 1. The Morgan fingerprint density at radius 1 is 1.25 bits per heavy atom. The van der Waals surface area contributed by atoms with Crippen LogP contribution in [-0.4, -0.2) is 52.1 Å². The summed E-state index contributed by atoms with van der Waals surface area (Å²) in [6, 6.07) is 6.26. The van der Waals surface area contributed by atoms with E-state index in [2.05, 4.69) is 28.9 Å². The molecule has 2 aromatic rings. The van der Waals surface area contributed by atoms with Crippen LogP contribution in [0.2, 0.25) is 5.02 Å². The van der Waals surface area contributed by atoms with Crippen LogP contribution in [0.4, 0.5) is 4.39 Å². The fourth-order valence-corrected chi connectivity index (χ4v) is 2.66. The number of rotatable bonds is 8. The lowest BCUT2D eigenvalue weighted by Gasteiger charge is -2.26. The number of nitrogens with zero attached hydrogens (tertiary/aromatic N) is 3. The van der Waals surface area contributed by atoms with Gasteiger partial charge in [-0.05, 0) is 30.8 Å². The summed E-state index contributed by atoms with van der Waals surface area (Å²) >= 11 is 6.04. The van der Waals surface area contributed by atoms with Crippen molar-refractivity contribution in [3.63, 3.8) is 0 Å². The predicted molar refractivity (Wildman–Crippen MR) is 92.5 cm³/mol. The highest BCUT2D eigenvalue weighted by molar-refractivity contribution is 6.31. The van der Waals surface area contributed by atoms with Crippen LogP contribution in [0.25, 0.3) is 0 Å². The van der Waals surface area contributed by atoms with E-state index in [0.717, 1.165) is 19.6 Å². The highest BCUT2D eigenvalue weighted by Crippen LogP contribution is 2.21. The first-order valence-corrected chi connectivity index (χ1v) is 8.38. The molecule has 1 aromatic carbocycles. The van der Waals surface area contributed by atoms with Gasteiger partial charge in [0.05, 0.1) is 5.02 Å². The maximum absolute atomic E-state index is 13.7. The van der Waals surface area contributed by atoms with Gasteiger partial charge in [0.2, 0.25) is 0 Å². The summed E-state index contributed by atoms with van der Waals surface area (Å²) in [5.41, 5.74) is 0.992. The Balaban J connectivity index is 2.18. The average molecular weight is 353 g/mol. The zero-order valence-corrected chi connectivity index (χ0v) is 14.7. The Bertz CT molecular complexity index is 659. The Hall–Kier alpha value is -1.92. The maximum atomic E-state index is 13.7. The Morgan fingerprint density at radius 3 is 2.62 bits per heavy atom. The van der Waals surface area contributed by atoms with E-state index >= 15 is 0 Å². The van der Waals surface area contributed by atoms with E-state index in [9.17, 15) is 9.18 Å². The second-order valence-electron chi connectivity index (χ2n) is 5.44. The standard InChI is InChI=1S/C17H22ClFN4O/c1-3-22(4-2)10-11-23(17(24)15-8-9-20-21-15)12-13-6-5-7-14(19)16(13)18/h5-9H,3-4,10-12H2,1-2H3,(H,20,21). The van der Waals surface area contributed by atoms with Gasteiger partial charge in [0.1, 0.15) is 11.5 Å². The molecule has 1 N–H and O–H groups in total. The van der Waals surface area contributed by atoms with Crippen molar-refractivity contribution < 1.29 is 9.18 Å². The zero-order valence-electron chi connectivity index (χ0n) is 13.9. The lowest BCUT2D eigenvalue weighted by molar-refractivity contribution is 0.0718. The molecular weight excluding hydrogens is 331 g/mol. The molecule has 0 radical (unpaired) electrons. The van der Waals surface area contributed by atoms with Crippen LogP contribution >= 0.6 is 11.6 Å². The first kappa shape index (κ1) is 18.4. The molecule has 24 heavy (non-hydrogen) atoms. The Kier molecular flexibility index (Phi) is 6.75. The van der Waals surface area contributed by atoms with Crippen molar-refractivity contribution in [2.45, 2.75) is 20.4 Å². The maximum Gasteiger partial charge on any atom is 0.272 e. The van der Waals surface area contributed by atoms with Gasteiger partial charge in [0, 0.05) is 25.8 Å². The molecule has 0 unspecified atom stereocenters. The summed E-state index contributed by atoms with van der Waals surface area (Å²) in [4.78, 5) is 16.6. The lowest BCUT2D eigenvalue weighted by Crippen LogP contribution is -2.38. The molecular formula is C17H22ClFN4O. The van der Waals surface area contributed by atoms with Crippen LogP contribution in [0, 0.1) is 5.82 Å². The number of benzene rings is 1. The highest BCUT2D eigenvalue weighted by atomic mass is 35.5. The SMILES string of the molecule is CCN(CC)CCN(Cc1cccc(F)c1Cl)C(=O)c1ccn[nH]1. The normalized spacial score (nSPS) is 11.0. The Labute approximate surface area is 146 Å². The minimum absolute atomic E-state index is 0.0581. The highest BCUT2D eigenvalue weighted by Gasteiger charge is 2.19. The largest absolute Gasteiger partial charge is 0.332 e. The molecule has 0 atom stereocenters. The molecule has 1 amide bonds. The van der Waals surface area contributed by atoms with Gasteiger partial charge in [-0.1, -0.05) is 37.6 Å². The molecule has 130 valence electrons. The first-order valence-electron chi connectivity index (χ1n) is 8.00. The van der Waals surface area contributed by atoms with Crippen molar-refractivity contribution in [3.05, 3.63) is 52.6 Å². The molecule has 1 aromatic heterocycles. The topological polar surface area (TPSA) is 52.2 Å². The summed E-state index contributed by atoms with van der Waals surface area (Å²) in [6.07, 6.45) is 1.53. The van der Waals surface area contributed by atoms with E-state index in [0.29, 0.717) is 17.8 Å². The van der Waals surface area contributed by atoms with Gasteiger partial charge < -0.3 is 9.80 Å². The minimum atomic E-state index is -0.480. The van der Waals surface area contributed by atoms with E-state index in [1.807, 2.05) is 0 Å². The number of hydrogen-bond donors (Lipinski definition) is 1. The van der Waals surface area contributed by atoms with Crippen molar-refractivity contribution in [2.24, 2.45) is 0 Å². The number of hydrogen-bond acceptors (Lipinski definition) is 3. The minimum Gasteiger partial charge on any atom is -0.332 e. The fraction of sp³-hybridized carbons (Fsp3) is 0.412. The van der Waals surface area contributed by atoms with Gasteiger partial charge in [-0.25, -0.2) is 4.39 Å². The molecule has 5 nitrogen and oxygen atoms in total. The van der Waals surface area contributed by atoms with Gasteiger partial charge in [0.25, 0.3) is 5.91 Å². The van der Waals surface area contributed by atoms with Gasteiger partial charge >= 0.3 is 0 Å². The van der Waals surface area contributed by atoms with Gasteiger partial charge in [-0.2, -0.15) is 5.10 Å². The second kappa shape index (κ2) is 8.80. The van der Waals surface area contributed by atoms with Crippen molar-refractivity contribution in [2.75, 3.05) is 26.2 Å². The quantitative estimate of drug-likeness (QED) is 0.793. The zero-order chi connectivity index (χ0) is 17.5. The number of nitrogens with one attached hydrogen (secondary N) is 1. The number of halogens is 2. The van der Waals surface area contributed by atoms with Crippen LogP contribution in [0.3, 0.4) is 0 Å². The molecule has 0 fully saturated rings. The molecule has 7 heteroatoms. The lowest BCUT2D eigenvalue weighted by atomic mass is 10.2. The molecule has 0 saturated heterocycles. The molecule has 0 bridgehead atoms. The molecule has 2 rings (SSSR count). The van der Waals surface area contributed by atoms with Crippen LogP contribution < -0.4 is 0 Å². The van der Waals surface area contributed by atoms with E-state index in [1.54, 1.807) is 23.1 Å². The molecule has 0 saturated carbocycles. The number of likely N-dealkylation sites (N-methyl/N-ethyl adjacent to an activating group) is 1. The van der Waals surface area contributed by atoms with Gasteiger partial charge in [-0.15, -0.1) is 0 Å². The van der Waals surface area contributed by atoms with Gasteiger partial charge in [0.15, 0.2) is 0 Å². The summed E-state index contributed by atoms with van der Waals surface area (Å²) in [7, 11) is 0. The third-order valence-corrected chi connectivity index (χ3v) is 4.41. The Morgan fingerprint density at radius 2 is 2.00 bits per heavy atom. The second-order valence-corrected chi connectivity index (χ2v) is 5.81. The van der Waals surface area contributed by atoms with Crippen molar-refractivity contribution in [3.8, 4) is 0 Å². The van der Waals surface area contributed by atoms with E-state index in [-0.39, 0.29) is 17.5 Å². The third-order valence-electron chi connectivity index (χ3n) is 3.99. The number of carbonyl (C=O) groups is 1. The summed E-state index contributed by atoms with van der Waals surface area (Å²) in [5, 5.41) is 6.56. The summed E-state index contributed by atoms with van der Waals surface area (Å²) in [5.74, 6) is -0.660. The van der Waals surface area contributed by atoms with E-state index in [4.69, 9.17) is 11.6 Å². The van der Waals surface area contributed by atoms with Crippen molar-refractivity contribution in [1.82, 2.24) is 20.0 Å². The van der Waals surface area contributed by atoms with Gasteiger partial charge in [-0.3, -0.25) is 9.89 Å². The van der Waals surface area contributed by atoms with Crippen LogP contribution in [0.1, 0.15) is 29.9 Å². The molecule has 0 aliphatic rings. The first-order chi connectivity index (χ1) is 11.6. The molecule has 1 heterocycles. The van der Waals surface area contributed by atoms with Crippen molar-refractivity contribution in [1.29, 1.82) is 0 Å². The van der Waals surface area contributed by atoms with Crippen molar-refractivity contribution >= 4 is 17.5 Å². The summed E-state index contributed by atoms with van der Waals surface area (Å²) < 4.78 is 13.7. The predicted octanol–water partition coefficient (Wildman–Crippen LogP) is 3.19. The monoisotopic (exact) mass is 352 g/mol. The van der Waals surface area contributed by atoms with E-state index in [1.165, 1.54) is 12.3 Å². The van der Waals surface area contributed by atoms with Crippen LogP contribution in [-0.2, 0) is 6.54 Å². The average Bonchev–Trinajstić information content (AvgIpc) is 3.12. The molecule has 0 aliphatic carbocycles. The van der Waals surface area contributed by atoms with E-state index < -0.39 is 5.82 Å². The number of H-pyrrole nitrogens is 1. The number of carbonyl (C=O) groups excluding carboxylic acids is 1. The van der Waals surface area contributed by atoms with Crippen LogP contribution in [0.5, 0.6) is 0 Å².